The smallest absolute Gasteiger partial charge is 0.339 e. The van der Waals surface area contributed by atoms with Crippen molar-refractivity contribution in [1.29, 1.82) is 0 Å². The zero-order chi connectivity index (χ0) is 21.7. The number of methoxy groups -OCH3 is 1. The quantitative estimate of drug-likeness (QED) is 0.370. The summed E-state index contributed by atoms with van der Waals surface area (Å²) in [5, 5.41) is 15.4. The largest absolute Gasteiger partial charge is 0.479 e. The Labute approximate surface area is 185 Å². The van der Waals surface area contributed by atoms with E-state index in [0.717, 1.165) is 16.7 Å². The van der Waals surface area contributed by atoms with Crippen molar-refractivity contribution < 1.29 is 14.6 Å². The highest BCUT2D eigenvalue weighted by molar-refractivity contribution is 7.13. The summed E-state index contributed by atoms with van der Waals surface area (Å²) in [6.45, 7) is 0. The molecular formula is C25H22N2O3S. The van der Waals surface area contributed by atoms with Crippen molar-refractivity contribution in [3.05, 3.63) is 119 Å². The Morgan fingerprint density at radius 2 is 1.35 bits per heavy atom. The third kappa shape index (κ3) is 4.08. The van der Waals surface area contributed by atoms with Crippen LogP contribution in [0.2, 0.25) is 0 Å². The summed E-state index contributed by atoms with van der Waals surface area (Å²) in [6, 6.07) is 30.5. The standard InChI is InChI=1S/C25H22N2O3S/c1-30-22(23(28)29)21-17-31-24(26-21)27-25(18-11-5-2-6-12-18,19-13-7-3-8-14-19)20-15-9-4-10-16-20/h2-17,22H,1H3,(H,26,27)(H,28,29). The number of carboxylic acid groups (broad SMARTS) is 1. The zero-order valence-electron chi connectivity index (χ0n) is 16.9. The van der Waals surface area contributed by atoms with E-state index in [1.807, 2.05) is 54.6 Å². The van der Waals surface area contributed by atoms with Crippen molar-refractivity contribution in [2.45, 2.75) is 11.6 Å². The van der Waals surface area contributed by atoms with Crippen molar-refractivity contribution in [3.63, 3.8) is 0 Å². The summed E-state index contributed by atoms with van der Waals surface area (Å²) >= 11 is 1.36. The van der Waals surface area contributed by atoms with Crippen molar-refractivity contribution in [2.75, 3.05) is 12.4 Å². The molecule has 0 amide bonds. The molecule has 6 heteroatoms. The molecule has 1 atom stereocenters. The minimum Gasteiger partial charge on any atom is -0.479 e. The number of hydrogen-bond acceptors (Lipinski definition) is 5. The molecule has 31 heavy (non-hydrogen) atoms. The monoisotopic (exact) mass is 430 g/mol. The predicted octanol–water partition coefficient (Wildman–Crippen LogP) is 5.32. The first kappa shape index (κ1) is 20.8. The van der Waals surface area contributed by atoms with Gasteiger partial charge in [-0.25, -0.2) is 9.78 Å². The molecule has 0 spiro atoms. The third-order valence-electron chi connectivity index (χ3n) is 5.17. The van der Waals surface area contributed by atoms with Gasteiger partial charge in [0, 0.05) is 12.5 Å². The van der Waals surface area contributed by atoms with Crippen LogP contribution in [0.1, 0.15) is 28.5 Å². The number of nitrogens with zero attached hydrogens (tertiary/aromatic N) is 1. The third-order valence-corrected chi connectivity index (χ3v) is 5.94. The van der Waals surface area contributed by atoms with Gasteiger partial charge in [0.2, 0.25) is 0 Å². The van der Waals surface area contributed by atoms with Crippen molar-refractivity contribution in [1.82, 2.24) is 4.98 Å². The SMILES string of the molecule is COC(C(=O)O)c1csc(NC(c2ccccc2)(c2ccccc2)c2ccccc2)n1. The highest BCUT2D eigenvalue weighted by atomic mass is 32.1. The number of hydrogen-bond donors (Lipinski definition) is 2. The number of ether oxygens (including phenoxy) is 1. The number of benzene rings is 3. The lowest BCUT2D eigenvalue weighted by atomic mass is 9.77. The van der Waals surface area contributed by atoms with Gasteiger partial charge in [-0.1, -0.05) is 91.0 Å². The van der Waals surface area contributed by atoms with E-state index in [1.165, 1.54) is 18.4 Å². The molecule has 4 rings (SSSR count). The molecule has 3 aromatic carbocycles. The maximum absolute atomic E-state index is 11.5. The van der Waals surface area contributed by atoms with Crippen molar-refractivity contribution in [3.8, 4) is 0 Å². The molecular weight excluding hydrogens is 408 g/mol. The van der Waals surface area contributed by atoms with E-state index < -0.39 is 17.6 Å². The van der Waals surface area contributed by atoms with E-state index in [0.29, 0.717) is 10.8 Å². The first-order valence-corrected chi connectivity index (χ1v) is 10.7. The maximum Gasteiger partial charge on any atom is 0.339 e. The molecule has 2 N–H and O–H groups in total. The summed E-state index contributed by atoms with van der Waals surface area (Å²) < 4.78 is 5.11. The first-order chi connectivity index (χ1) is 15.1. The molecule has 1 heterocycles. The lowest BCUT2D eigenvalue weighted by Crippen LogP contribution is -2.38. The molecule has 0 aliphatic heterocycles. The van der Waals surface area contributed by atoms with Crippen LogP contribution in [-0.2, 0) is 15.1 Å². The Kier molecular flexibility index (Phi) is 6.11. The molecule has 5 nitrogen and oxygen atoms in total. The number of thiazole rings is 1. The second-order valence-corrected chi connectivity index (χ2v) is 7.86. The molecule has 0 radical (unpaired) electrons. The second-order valence-electron chi connectivity index (χ2n) is 7.00. The summed E-state index contributed by atoms with van der Waals surface area (Å²) in [7, 11) is 1.37. The van der Waals surface area contributed by atoms with E-state index in [4.69, 9.17) is 4.74 Å². The molecule has 4 aromatic rings. The van der Waals surface area contributed by atoms with Crippen molar-refractivity contribution in [2.24, 2.45) is 0 Å². The van der Waals surface area contributed by atoms with Gasteiger partial charge in [-0.3, -0.25) is 0 Å². The van der Waals surface area contributed by atoms with Gasteiger partial charge in [0.15, 0.2) is 11.2 Å². The molecule has 0 aliphatic rings. The van der Waals surface area contributed by atoms with E-state index in [-0.39, 0.29) is 0 Å². The number of nitrogens with one attached hydrogen (secondary N) is 1. The van der Waals surface area contributed by atoms with Crippen LogP contribution in [0.25, 0.3) is 0 Å². The Balaban J connectivity index is 1.89. The second kappa shape index (κ2) is 9.12. The van der Waals surface area contributed by atoms with Gasteiger partial charge in [0.05, 0.1) is 5.69 Å². The van der Waals surface area contributed by atoms with Gasteiger partial charge in [-0.2, -0.15) is 0 Å². The molecule has 0 bridgehead atoms. The van der Waals surface area contributed by atoms with Gasteiger partial charge >= 0.3 is 5.97 Å². The van der Waals surface area contributed by atoms with E-state index in [1.54, 1.807) is 5.38 Å². The van der Waals surface area contributed by atoms with Gasteiger partial charge in [-0.05, 0) is 16.7 Å². The zero-order valence-corrected chi connectivity index (χ0v) is 17.8. The Morgan fingerprint density at radius 1 is 0.903 bits per heavy atom. The van der Waals surface area contributed by atoms with Crippen LogP contribution in [0.4, 0.5) is 5.13 Å². The predicted molar refractivity (Wildman–Crippen MR) is 122 cm³/mol. The number of carboxylic acids is 1. The van der Waals surface area contributed by atoms with Crippen LogP contribution in [-0.4, -0.2) is 23.2 Å². The number of rotatable bonds is 8. The summed E-state index contributed by atoms with van der Waals surface area (Å²) in [5.41, 5.74) is 2.79. The van der Waals surface area contributed by atoms with Gasteiger partial charge < -0.3 is 15.2 Å². The Morgan fingerprint density at radius 3 is 1.74 bits per heavy atom. The molecule has 0 saturated carbocycles. The molecule has 0 aliphatic carbocycles. The fourth-order valence-corrected chi connectivity index (χ4v) is 4.53. The van der Waals surface area contributed by atoms with E-state index in [9.17, 15) is 9.90 Å². The van der Waals surface area contributed by atoms with Gasteiger partial charge in [0.1, 0.15) is 5.54 Å². The topological polar surface area (TPSA) is 71.5 Å². The molecule has 0 saturated heterocycles. The molecule has 1 unspecified atom stereocenters. The fraction of sp³-hybridized carbons (Fsp3) is 0.120. The molecule has 1 aromatic heterocycles. The summed E-state index contributed by atoms with van der Waals surface area (Å²) in [6.07, 6.45) is -1.11. The van der Waals surface area contributed by atoms with Crippen molar-refractivity contribution >= 4 is 22.4 Å². The minimum atomic E-state index is -1.11. The van der Waals surface area contributed by atoms with E-state index in [2.05, 4.69) is 46.7 Å². The lowest BCUT2D eigenvalue weighted by molar-refractivity contribution is -0.149. The van der Waals surface area contributed by atoms with Crippen LogP contribution in [0, 0.1) is 0 Å². The molecule has 156 valence electrons. The van der Waals surface area contributed by atoms with Crippen LogP contribution in [0.15, 0.2) is 96.4 Å². The average Bonchev–Trinajstić information content (AvgIpc) is 3.27. The molecule has 0 fully saturated rings. The number of anilines is 1. The van der Waals surface area contributed by atoms with Crippen LogP contribution >= 0.6 is 11.3 Å². The van der Waals surface area contributed by atoms with Gasteiger partial charge in [-0.15, -0.1) is 11.3 Å². The number of carbonyl (C=O) groups is 1. The minimum absolute atomic E-state index is 0.366. The van der Waals surface area contributed by atoms with Crippen LogP contribution < -0.4 is 5.32 Å². The number of aliphatic carboxylic acids is 1. The fourth-order valence-electron chi connectivity index (χ4n) is 3.75. The van der Waals surface area contributed by atoms with E-state index >= 15 is 0 Å². The summed E-state index contributed by atoms with van der Waals surface area (Å²) in [5.74, 6) is -1.07. The maximum atomic E-state index is 11.5. The Hall–Kier alpha value is -3.48. The lowest BCUT2D eigenvalue weighted by Gasteiger charge is -2.36. The normalized spacial score (nSPS) is 12.3. The highest BCUT2D eigenvalue weighted by Gasteiger charge is 2.37. The first-order valence-electron chi connectivity index (χ1n) is 9.81. The average molecular weight is 431 g/mol. The highest BCUT2D eigenvalue weighted by Crippen LogP contribution is 2.40. The van der Waals surface area contributed by atoms with Gasteiger partial charge in [0.25, 0.3) is 0 Å². The van der Waals surface area contributed by atoms with Crippen LogP contribution in [0.5, 0.6) is 0 Å². The summed E-state index contributed by atoms with van der Waals surface area (Å²) in [4.78, 5) is 16.1. The van der Waals surface area contributed by atoms with Crippen LogP contribution in [0.3, 0.4) is 0 Å². The number of aromatic nitrogens is 1. The Bertz CT molecular complexity index is 1030.